The van der Waals surface area contributed by atoms with E-state index in [0.29, 0.717) is 31.5 Å². The maximum Gasteiger partial charge on any atom is 0.319 e. The molecule has 0 spiro atoms. The number of anilines is 1. The van der Waals surface area contributed by atoms with Crippen LogP contribution in [0.1, 0.15) is 44.6 Å². The largest absolute Gasteiger partial charge is 0.393 e. The third-order valence-electron chi connectivity index (χ3n) is 4.47. The van der Waals surface area contributed by atoms with Gasteiger partial charge in [-0.15, -0.1) is 0 Å². The fraction of sp³-hybridized carbons (Fsp3) is 0.429. The maximum absolute atomic E-state index is 12.4. The number of urea groups is 1. The Bertz CT molecular complexity index is 855. The lowest BCUT2D eigenvalue weighted by atomic mass is 10.1. The number of carbonyl (C=O) groups excluding carboxylic acids is 1. The van der Waals surface area contributed by atoms with E-state index in [0.717, 1.165) is 18.4 Å². The Labute approximate surface area is 172 Å². The van der Waals surface area contributed by atoms with E-state index in [9.17, 15) is 18.3 Å². The van der Waals surface area contributed by atoms with Crippen molar-refractivity contribution in [3.8, 4) is 0 Å². The number of rotatable bonds is 11. The van der Waals surface area contributed by atoms with Crippen LogP contribution in [0.25, 0.3) is 0 Å². The van der Waals surface area contributed by atoms with E-state index >= 15 is 0 Å². The Morgan fingerprint density at radius 3 is 2.55 bits per heavy atom. The first kappa shape index (κ1) is 22.8. The number of hydrogen-bond acceptors (Lipinski definition) is 5. The molecule has 0 aliphatic carbocycles. The number of pyridine rings is 1. The van der Waals surface area contributed by atoms with Gasteiger partial charge in [-0.2, -0.15) is 0 Å². The molecule has 1 atom stereocenters. The summed E-state index contributed by atoms with van der Waals surface area (Å²) in [6, 6.07) is 9.41. The lowest BCUT2D eigenvalue weighted by Gasteiger charge is -2.10. The summed E-state index contributed by atoms with van der Waals surface area (Å²) in [5, 5.41) is 15.1. The minimum atomic E-state index is -3.38. The average Bonchev–Trinajstić information content (AvgIpc) is 2.71. The zero-order chi connectivity index (χ0) is 21.1. The van der Waals surface area contributed by atoms with Gasteiger partial charge in [0.2, 0.25) is 0 Å². The first-order valence-corrected chi connectivity index (χ1v) is 11.5. The lowest BCUT2D eigenvalue weighted by Crippen LogP contribution is -2.28. The quantitative estimate of drug-likeness (QED) is 0.483. The highest BCUT2D eigenvalue weighted by atomic mass is 32.2. The van der Waals surface area contributed by atoms with Crippen LogP contribution < -0.4 is 10.6 Å². The number of hydrogen-bond donors (Lipinski definition) is 3. The molecule has 2 rings (SSSR count). The van der Waals surface area contributed by atoms with Crippen LogP contribution in [0.15, 0.2) is 53.7 Å². The van der Waals surface area contributed by atoms with Crippen LogP contribution in [0.4, 0.5) is 10.5 Å². The highest BCUT2D eigenvalue weighted by molar-refractivity contribution is 7.91. The second-order valence-corrected chi connectivity index (χ2v) is 9.06. The SMILES string of the molecule is CCCC(O)CCCCS(=O)(=O)c1ccc(NC(=O)NCc2cccnc2)cc1. The maximum atomic E-state index is 12.4. The number of carbonyl (C=O) groups is 1. The Hall–Kier alpha value is -2.45. The van der Waals surface area contributed by atoms with Gasteiger partial charge in [0, 0.05) is 24.6 Å². The van der Waals surface area contributed by atoms with Crippen molar-refractivity contribution in [1.29, 1.82) is 0 Å². The molecule has 2 aromatic rings. The molecule has 0 saturated heterocycles. The molecule has 0 aliphatic rings. The smallest absolute Gasteiger partial charge is 0.319 e. The molecule has 1 aromatic heterocycles. The standard InChI is InChI=1S/C21H29N3O4S/c1-2-6-19(25)8-3-4-14-29(27,28)20-11-9-18(10-12-20)24-21(26)23-16-17-7-5-13-22-15-17/h5,7,9-13,15,19,25H,2-4,6,8,14,16H2,1H3,(H2,23,24,26). The average molecular weight is 420 g/mol. The van der Waals surface area contributed by atoms with E-state index in [1.165, 1.54) is 12.1 Å². The van der Waals surface area contributed by atoms with E-state index in [4.69, 9.17) is 0 Å². The first-order valence-electron chi connectivity index (χ1n) is 9.85. The Morgan fingerprint density at radius 1 is 1.14 bits per heavy atom. The Kier molecular flexibility index (Phi) is 9.08. The molecule has 0 bridgehead atoms. The molecule has 1 aromatic carbocycles. The minimum Gasteiger partial charge on any atom is -0.393 e. The van der Waals surface area contributed by atoms with Gasteiger partial charge in [-0.05, 0) is 61.6 Å². The monoisotopic (exact) mass is 419 g/mol. The summed E-state index contributed by atoms with van der Waals surface area (Å²) in [5.74, 6) is 0.0459. The molecular formula is C21H29N3O4S. The van der Waals surface area contributed by atoms with Crippen LogP contribution in [-0.4, -0.2) is 36.4 Å². The molecule has 158 valence electrons. The Balaban J connectivity index is 1.79. The summed E-state index contributed by atoms with van der Waals surface area (Å²) in [7, 11) is -3.38. The summed E-state index contributed by atoms with van der Waals surface area (Å²) >= 11 is 0. The van der Waals surface area contributed by atoms with Gasteiger partial charge >= 0.3 is 6.03 Å². The molecule has 0 saturated carbocycles. The predicted octanol–water partition coefficient (Wildman–Crippen LogP) is 3.51. The van der Waals surface area contributed by atoms with Crippen LogP contribution in [0.3, 0.4) is 0 Å². The van der Waals surface area contributed by atoms with Crippen molar-refractivity contribution in [2.24, 2.45) is 0 Å². The molecular weight excluding hydrogens is 390 g/mol. The lowest BCUT2D eigenvalue weighted by molar-refractivity contribution is 0.151. The molecule has 2 amide bonds. The van der Waals surface area contributed by atoms with Crippen molar-refractivity contribution in [1.82, 2.24) is 10.3 Å². The zero-order valence-electron chi connectivity index (χ0n) is 16.7. The Morgan fingerprint density at radius 2 is 1.90 bits per heavy atom. The van der Waals surface area contributed by atoms with E-state index in [1.807, 2.05) is 13.0 Å². The number of aliphatic hydroxyl groups excluding tert-OH is 1. The van der Waals surface area contributed by atoms with Crippen LogP contribution >= 0.6 is 0 Å². The second-order valence-electron chi connectivity index (χ2n) is 6.95. The summed E-state index contributed by atoms with van der Waals surface area (Å²) in [6.07, 6.45) is 6.46. The van der Waals surface area contributed by atoms with Crippen LogP contribution in [0.5, 0.6) is 0 Å². The van der Waals surface area contributed by atoms with Crippen molar-refractivity contribution in [3.05, 3.63) is 54.4 Å². The molecule has 0 radical (unpaired) electrons. The van der Waals surface area contributed by atoms with Gasteiger partial charge in [0.25, 0.3) is 0 Å². The molecule has 1 heterocycles. The third-order valence-corrected chi connectivity index (χ3v) is 6.29. The molecule has 8 heteroatoms. The van der Waals surface area contributed by atoms with E-state index in [-0.39, 0.29) is 22.8 Å². The predicted molar refractivity (Wildman–Crippen MR) is 113 cm³/mol. The van der Waals surface area contributed by atoms with Crippen molar-refractivity contribution in [2.75, 3.05) is 11.1 Å². The number of aromatic nitrogens is 1. The van der Waals surface area contributed by atoms with Crippen LogP contribution in [0, 0.1) is 0 Å². The number of unbranched alkanes of at least 4 members (excludes halogenated alkanes) is 1. The van der Waals surface area contributed by atoms with Gasteiger partial charge < -0.3 is 15.7 Å². The van der Waals surface area contributed by atoms with Crippen molar-refractivity contribution in [2.45, 2.75) is 56.6 Å². The number of nitrogens with one attached hydrogen (secondary N) is 2. The highest BCUT2D eigenvalue weighted by Crippen LogP contribution is 2.17. The van der Waals surface area contributed by atoms with Gasteiger partial charge in [-0.25, -0.2) is 13.2 Å². The fourth-order valence-corrected chi connectivity index (χ4v) is 4.24. The molecule has 3 N–H and O–H groups in total. The van der Waals surface area contributed by atoms with Crippen molar-refractivity contribution in [3.63, 3.8) is 0 Å². The number of benzene rings is 1. The molecule has 7 nitrogen and oxygen atoms in total. The fourth-order valence-electron chi connectivity index (χ4n) is 2.87. The van der Waals surface area contributed by atoms with Crippen LogP contribution in [0.2, 0.25) is 0 Å². The number of nitrogens with zero attached hydrogens (tertiary/aromatic N) is 1. The summed E-state index contributed by atoms with van der Waals surface area (Å²) in [6.45, 7) is 2.36. The molecule has 0 aliphatic heterocycles. The summed E-state index contributed by atoms with van der Waals surface area (Å²) in [5.41, 5.74) is 1.39. The zero-order valence-corrected chi connectivity index (χ0v) is 17.5. The molecule has 1 unspecified atom stereocenters. The minimum absolute atomic E-state index is 0.0459. The topological polar surface area (TPSA) is 108 Å². The van der Waals surface area contributed by atoms with Crippen molar-refractivity contribution >= 4 is 21.6 Å². The van der Waals surface area contributed by atoms with Gasteiger partial charge in [-0.1, -0.05) is 19.4 Å². The van der Waals surface area contributed by atoms with Gasteiger partial charge in [0.1, 0.15) is 0 Å². The third kappa shape index (κ3) is 8.21. The van der Waals surface area contributed by atoms with Gasteiger partial charge in [0.15, 0.2) is 9.84 Å². The highest BCUT2D eigenvalue weighted by Gasteiger charge is 2.14. The van der Waals surface area contributed by atoms with E-state index in [1.54, 1.807) is 30.6 Å². The normalized spacial score (nSPS) is 12.3. The van der Waals surface area contributed by atoms with Crippen molar-refractivity contribution < 1.29 is 18.3 Å². The summed E-state index contributed by atoms with van der Waals surface area (Å²) < 4.78 is 24.9. The first-order chi connectivity index (χ1) is 13.9. The number of aliphatic hydroxyl groups is 1. The van der Waals surface area contributed by atoms with E-state index < -0.39 is 9.84 Å². The summed E-state index contributed by atoms with van der Waals surface area (Å²) in [4.78, 5) is 16.2. The molecule has 0 fully saturated rings. The molecule has 29 heavy (non-hydrogen) atoms. The second kappa shape index (κ2) is 11.5. The number of sulfone groups is 1. The van der Waals surface area contributed by atoms with E-state index in [2.05, 4.69) is 15.6 Å². The van der Waals surface area contributed by atoms with Gasteiger partial charge in [-0.3, -0.25) is 4.98 Å². The number of amides is 2. The van der Waals surface area contributed by atoms with Crippen LogP contribution in [-0.2, 0) is 16.4 Å². The van der Waals surface area contributed by atoms with Gasteiger partial charge in [0.05, 0.1) is 16.8 Å².